The monoisotopic (exact) mass is 404 g/mol. The number of fused-ring (bicyclic) bond motifs is 1. The van der Waals surface area contributed by atoms with Gasteiger partial charge in [0.05, 0.1) is 24.5 Å². The first-order chi connectivity index (χ1) is 14.7. The second-order valence-electron chi connectivity index (χ2n) is 7.28. The van der Waals surface area contributed by atoms with Gasteiger partial charge in [-0.1, -0.05) is 25.5 Å². The van der Waals surface area contributed by atoms with Gasteiger partial charge in [-0.15, -0.1) is 0 Å². The number of nitrogens with zero attached hydrogens (tertiary/aromatic N) is 2. The van der Waals surface area contributed by atoms with Crippen molar-refractivity contribution in [1.29, 1.82) is 0 Å². The third-order valence-corrected chi connectivity index (χ3v) is 5.17. The molecular formula is C25H25FN2O2. The Kier molecular flexibility index (Phi) is 5.98. The summed E-state index contributed by atoms with van der Waals surface area (Å²) in [4.78, 5) is 0. The molecule has 1 aromatic heterocycles. The highest BCUT2D eigenvalue weighted by molar-refractivity contribution is 5.81. The van der Waals surface area contributed by atoms with Crippen LogP contribution in [0.1, 0.15) is 37.9 Å². The van der Waals surface area contributed by atoms with Gasteiger partial charge in [0.2, 0.25) is 0 Å². The summed E-state index contributed by atoms with van der Waals surface area (Å²) in [7, 11) is 1.67. The minimum Gasteiger partial charge on any atom is -0.497 e. The van der Waals surface area contributed by atoms with Gasteiger partial charge in [-0.05, 0) is 73.0 Å². The Labute approximate surface area is 175 Å². The van der Waals surface area contributed by atoms with E-state index in [-0.39, 0.29) is 11.9 Å². The van der Waals surface area contributed by atoms with Crippen molar-refractivity contribution in [2.45, 2.75) is 32.3 Å². The highest BCUT2D eigenvalue weighted by Gasteiger charge is 2.15. The zero-order valence-corrected chi connectivity index (χ0v) is 17.2. The van der Waals surface area contributed by atoms with Gasteiger partial charge in [0, 0.05) is 5.39 Å². The molecule has 4 rings (SSSR count). The summed E-state index contributed by atoms with van der Waals surface area (Å²) in [6, 6.07) is 20.3. The molecule has 5 heteroatoms. The van der Waals surface area contributed by atoms with Crippen molar-refractivity contribution in [3.63, 3.8) is 0 Å². The molecule has 3 aromatic carbocycles. The largest absolute Gasteiger partial charge is 0.497 e. The molecule has 1 atom stereocenters. The minimum absolute atomic E-state index is 0.0513. The molecule has 4 aromatic rings. The summed E-state index contributed by atoms with van der Waals surface area (Å²) in [6.07, 6.45) is 4.86. The summed E-state index contributed by atoms with van der Waals surface area (Å²) in [6.45, 7) is 2.18. The molecule has 0 aliphatic heterocycles. The van der Waals surface area contributed by atoms with Crippen LogP contribution in [0.3, 0.4) is 0 Å². The van der Waals surface area contributed by atoms with Crippen molar-refractivity contribution in [2.24, 2.45) is 0 Å². The Morgan fingerprint density at radius 1 is 1.00 bits per heavy atom. The summed E-state index contributed by atoms with van der Waals surface area (Å²) in [5.41, 5.74) is 2.86. The van der Waals surface area contributed by atoms with Crippen molar-refractivity contribution in [2.75, 3.05) is 7.11 Å². The van der Waals surface area contributed by atoms with Gasteiger partial charge < -0.3 is 9.47 Å². The molecule has 0 saturated heterocycles. The van der Waals surface area contributed by atoms with E-state index in [2.05, 4.69) is 18.1 Å². The summed E-state index contributed by atoms with van der Waals surface area (Å²) in [5, 5.41) is 5.44. The smallest absolute Gasteiger partial charge is 0.124 e. The van der Waals surface area contributed by atoms with Crippen LogP contribution in [0.4, 0.5) is 4.39 Å². The maximum Gasteiger partial charge on any atom is 0.124 e. The van der Waals surface area contributed by atoms with E-state index in [0.717, 1.165) is 52.9 Å². The van der Waals surface area contributed by atoms with Gasteiger partial charge in [-0.2, -0.15) is 5.10 Å². The minimum atomic E-state index is -0.262. The Balaban J connectivity index is 1.61. The standard InChI is InChI=1S/C25H25FN2O2/c1-3-4-8-25(18-6-5-7-22(15-18)29-2)30-23-13-14-24-19(16-23)17-27-28(24)21-11-9-20(26)10-12-21/h5-7,9-17,25H,3-4,8H2,1-2H3/t25-/m0/s1. The van der Waals surface area contributed by atoms with Crippen molar-refractivity contribution >= 4 is 10.9 Å². The first kappa shape index (κ1) is 20.0. The van der Waals surface area contributed by atoms with Crippen molar-refractivity contribution in [1.82, 2.24) is 9.78 Å². The highest BCUT2D eigenvalue weighted by atomic mass is 19.1. The summed E-state index contributed by atoms with van der Waals surface area (Å²) >= 11 is 0. The van der Waals surface area contributed by atoms with Crippen LogP contribution in [0.2, 0.25) is 0 Å². The predicted molar refractivity (Wildman–Crippen MR) is 117 cm³/mol. The molecule has 0 N–H and O–H groups in total. The van der Waals surface area contributed by atoms with Gasteiger partial charge >= 0.3 is 0 Å². The SMILES string of the molecule is CCCC[C@H](Oc1ccc2c(cnn2-c2ccc(F)cc2)c1)c1cccc(OC)c1. The quantitative estimate of drug-likeness (QED) is 0.337. The average Bonchev–Trinajstić information content (AvgIpc) is 3.20. The molecule has 0 fully saturated rings. The Morgan fingerprint density at radius 3 is 2.60 bits per heavy atom. The Bertz CT molecular complexity index is 1120. The second-order valence-corrected chi connectivity index (χ2v) is 7.28. The van der Waals surface area contributed by atoms with Crippen LogP contribution in [0.15, 0.2) is 72.9 Å². The van der Waals surface area contributed by atoms with E-state index in [9.17, 15) is 4.39 Å². The molecule has 0 radical (unpaired) electrons. The molecule has 0 saturated carbocycles. The fourth-order valence-corrected chi connectivity index (χ4v) is 3.56. The molecule has 0 bridgehead atoms. The third kappa shape index (κ3) is 4.30. The van der Waals surface area contributed by atoms with E-state index >= 15 is 0 Å². The van der Waals surface area contributed by atoms with Gasteiger partial charge in [-0.25, -0.2) is 9.07 Å². The van der Waals surface area contributed by atoms with E-state index in [4.69, 9.17) is 9.47 Å². The summed E-state index contributed by atoms with van der Waals surface area (Å²) in [5.74, 6) is 1.36. The summed E-state index contributed by atoms with van der Waals surface area (Å²) < 4.78 is 26.8. The number of rotatable bonds is 8. The molecule has 0 spiro atoms. The molecular weight excluding hydrogens is 379 g/mol. The maximum absolute atomic E-state index is 13.2. The molecule has 1 heterocycles. The lowest BCUT2D eigenvalue weighted by Crippen LogP contribution is -2.08. The van der Waals surface area contributed by atoms with E-state index in [0.29, 0.717) is 0 Å². The van der Waals surface area contributed by atoms with Crippen molar-refractivity contribution < 1.29 is 13.9 Å². The first-order valence-electron chi connectivity index (χ1n) is 10.2. The van der Waals surface area contributed by atoms with Crippen molar-refractivity contribution in [3.8, 4) is 17.2 Å². The number of hydrogen-bond donors (Lipinski definition) is 0. The number of halogens is 1. The number of aromatic nitrogens is 2. The lowest BCUT2D eigenvalue weighted by atomic mass is 10.0. The highest BCUT2D eigenvalue weighted by Crippen LogP contribution is 2.31. The molecule has 0 aliphatic carbocycles. The van der Waals surface area contributed by atoms with E-state index < -0.39 is 0 Å². The normalized spacial score (nSPS) is 12.1. The van der Waals surface area contributed by atoms with E-state index in [1.54, 1.807) is 30.1 Å². The van der Waals surface area contributed by atoms with Crippen LogP contribution < -0.4 is 9.47 Å². The van der Waals surface area contributed by atoms with Crippen LogP contribution in [0.5, 0.6) is 11.5 Å². The number of hydrogen-bond acceptors (Lipinski definition) is 3. The van der Waals surface area contributed by atoms with Crippen LogP contribution >= 0.6 is 0 Å². The number of ether oxygens (including phenoxy) is 2. The second kappa shape index (κ2) is 8.99. The van der Waals surface area contributed by atoms with Gasteiger partial charge in [-0.3, -0.25) is 0 Å². The number of methoxy groups -OCH3 is 1. The van der Waals surface area contributed by atoms with E-state index in [1.165, 1.54) is 12.1 Å². The van der Waals surface area contributed by atoms with Crippen molar-refractivity contribution in [3.05, 3.63) is 84.3 Å². The first-order valence-corrected chi connectivity index (χ1v) is 10.2. The van der Waals surface area contributed by atoms with E-state index in [1.807, 2.05) is 36.4 Å². The van der Waals surface area contributed by atoms with Crippen LogP contribution in [0.25, 0.3) is 16.6 Å². The predicted octanol–water partition coefficient (Wildman–Crippen LogP) is 6.48. The fourth-order valence-electron chi connectivity index (χ4n) is 3.56. The lowest BCUT2D eigenvalue weighted by molar-refractivity contribution is 0.191. The molecule has 154 valence electrons. The molecule has 0 amide bonds. The van der Waals surface area contributed by atoms with Gasteiger partial charge in [0.25, 0.3) is 0 Å². The zero-order chi connectivity index (χ0) is 20.9. The Morgan fingerprint density at radius 2 is 1.83 bits per heavy atom. The third-order valence-electron chi connectivity index (χ3n) is 5.17. The Hall–Kier alpha value is -3.34. The van der Waals surface area contributed by atoms with Gasteiger partial charge in [0.15, 0.2) is 0 Å². The molecule has 4 nitrogen and oxygen atoms in total. The van der Waals surface area contributed by atoms with Crippen LogP contribution in [0, 0.1) is 5.82 Å². The molecule has 30 heavy (non-hydrogen) atoms. The molecule has 0 unspecified atom stereocenters. The zero-order valence-electron chi connectivity index (χ0n) is 17.2. The fraction of sp³-hybridized carbons (Fsp3) is 0.240. The molecule has 0 aliphatic rings. The topological polar surface area (TPSA) is 36.3 Å². The average molecular weight is 404 g/mol. The van der Waals surface area contributed by atoms with Gasteiger partial charge in [0.1, 0.15) is 23.4 Å². The van der Waals surface area contributed by atoms with Crippen LogP contribution in [-0.4, -0.2) is 16.9 Å². The number of benzene rings is 3. The number of unbranched alkanes of at least 4 members (excludes halogenated alkanes) is 1. The lowest BCUT2D eigenvalue weighted by Gasteiger charge is -2.20. The maximum atomic E-state index is 13.2. The van der Waals surface area contributed by atoms with Crippen LogP contribution in [-0.2, 0) is 0 Å².